The molecule has 158 valence electrons. The average Bonchev–Trinajstić information content (AvgIpc) is 2.67. The van der Waals surface area contributed by atoms with Gasteiger partial charge in [-0.3, -0.25) is 0 Å². The lowest BCUT2D eigenvalue weighted by molar-refractivity contribution is 0.0875. The second-order valence-electron chi connectivity index (χ2n) is 8.74. The zero-order valence-corrected chi connectivity index (χ0v) is 18.3. The van der Waals surface area contributed by atoms with E-state index in [4.69, 9.17) is 26.8 Å². The van der Waals surface area contributed by atoms with Crippen molar-refractivity contribution in [2.45, 2.75) is 51.6 Å². The minimum atomic E-state index is -0.201. The van der Waals surface area contributed by atoms with Crippen molar-refractivity contribution >= 4 is 17.4 Å². The molecule has 0 spiro atoms. The largest absolute Gasteiger partial charge is 0.492 e. The van der Waals surface area contributed by atoms with Crippen LogP contribution in [0.15, 0.2) is 36.5 Å². The number of benzene rings is 1. The molecule has 1 aliphatic heterocycles. The van der Waals surface area contributed by atoms with Crippen molar-refractivity contribution in [3.63, 3.8) is 0 Å². The van der Waals surface area contributed by atoms with Gasteiger partial charge in [-0.15, -0.1) is 0 Å². The Morgan fingerprint density at radius 3 is 2.79 bits per heavy atom. The number of aromatic nitrogens is 1. The molecule has 0 aliphatic carbocycles. The maximum Gasteiger partial charge on any atom is 0.137 e. The molecule has 1 aromatic heterocycles. The van der Waals surface area contributed by atoms with Crippen LogP contribution in [0.2, 0.25) is 5.02 Å². The maximum absolute atomic E-state index is 6.49. The number of nitrogens with two attached hydrogens (primary N) is 1. The molecule has 0 saturated carbocycles. The molecule has 1 saturated heterocycles. The zero-order chi connectivity index (χ0) is 20.9. The van der Waals surface area contributed by atoms with Gasteiger partial charge in [0.05, 0.1) is 24.3 Å². The van der Waals surface area contributed by atoms with Gasteiger partial charge in [0, 0.05) is 18.3 Å². The molecule has 29 heavy (non-hydrogen) atoms. The molecule has 5 nitrogen and oxygen atoms in total. The van der Waals surface area contributed by atoms with E-state index in [2.05, 4.69) is 17.2 Å². The Balaban J connectivity index is 1.64. The summed E-state index contributed by atoms with van der Waals surface area (Å²) in [5, 5.41) is 4.07. The SMILES string of the molecule is CC(COc1ccc(-c2ccnc(NC3CCCOC3)c2)cc1Cl)CC(C)(C)N. The van der Waals surface area contributed by atoms with Crippen LogP contribution in [0.5, 0.6) is 5.75 Å². The van der Waals surface area contributed by atoms with E-state index in [1.807, 2.05) is 50.4 Å². The Bertz CT molecular complexity index is 801. The summed E-state index contributed by atoms with van der Waals surface area (Å²) < 4.78 is 11.5. The smallest absolute Gasteiger partial charge is 0.137 e. The number of nitrogens with zero attached hydrogens (tertiary/aromatic N) is 1. The van der Waals surface area contributed by atoms with Gasteiger partial charge < -0.3 is 20.5 Å². The van der Waals surface area contributed by atoms with Crippen LogP contribution in [-0.2, 0) is 4.74 Å². The molecule has 2 atom stereocenters. The van der Waals surface area contributed by atoms with E-state index in [0.717, 1.165) is 49.4 Å². The van der Waals surface area contributed by atoms with Crippen LogP contribution in [0.25, 0.3) is 11.1 Å². The van der Waals surface area contributed by atoms with E-state index in [1.54, 1.807) is 0 Å². The molecule has 2 unspecified atom stereocenters. The third-order valence-corrected chi connectivity index (χ3v) is 5.23. The van der Waals surface area contributed by atoms with Crippen molar-refractivity contribution in [3.8, 4) is 16.9 Å². The molecule has 1 fully saturated rings. The molecule has 2 aromatic rings. The fraction of sp³-hybridized carbons (Fsp3) is 0.522. The van der Waals surface area contributed by atoms with Crippen LogP contribution < -0.4 is 15.8 Å². The third-order valence-electron chi connectivity index (χ3n) is 4.94. The lowest BCUT2D eigenvalue weighted by atomic mass is 9.93. The van der Waals surface area contributed by atoms with Crippen molar-refractivity contribution in [1.29, 1.82) is 0 Å². The molecular formula is C23H32ClN3O2. The van der Waals surface area contributed by atoms with Gasteiger partial charge in [0.2, 0.25) is 0 Å². The van der Waals surface area contributed by atoms with E-state index in [-0.39, 0.29) is 5.54 Å². The highest BCUT2D eigenvalue weighted by atomic mass is 35.5. The molecular weight excluding hydrogens is 386 g/mol. The number of pyridine rings is 1. The minimum absolute atomic E-state index is 0.201. The molecule has 1 aromatic carbocycles. The summed E-state index contributed by atoms with van der Waals surface area (Å²) in [5.74, 6) is 1.90. The van der Waals surface area contributed by atoms with Crippen LogP contribution in [-0.4, -0.2) is 36.4 Å². The monoisotopic (exact) mass is 417 g/mol. The normalized spacial score (nSPS) is 18.3. The van der Waals surface area contributed by atoms with E-state index in [0.29, 0.717) is 29.3 Å². The highest BCUT2D eigenvalue weighted by Gasteiger charge is 2.17. The standard InChI is InChI=1S/C23H32ClN3O2/c1-16(13-23(2,3)25)14-29-21-7-6-17(11-20(21)24)18-8-9-26-22(12-18)27-19-5-4-10-28-15-19/h6-9,11-12,16,19H,4-5,10,13-15,25H2,1-3H3,(H,26,27). The van der Waals surface area contributed by atoms with Gasteiger partial charge in [-0.05, 0) is 74.4 Å². The van der Waals surface area contributed by atoms with Crippen molar-refractivity contribution in [2.24, 2.45) is 11.7 Å². The van der Waals surface area contributed by atoms with Crippen molar-refractivity contribution < 1.29 is 9.47 Å². The van der Waals surface area contributed by atoms with E-state index in [9.17, 15) is 0 Å². The summed E-state index contributed by atoms with van der Waals surface area (Å²) in [5.41, 5.74) is 7.98. The van der Waals surface area contributed by atoms with Gasteiger partial charge in [-0.25, -0.2) is 4.98 Å². The molecule has 0 amide bonds. The Kier molecular flexibility index (Phi) is 7.38. The maximum atomic E-state index is 6.49. The fourth-order valence-corrected chi connectivity index (χ4v) is 3.97. The predicted molar refractivity (Wildman–Crippen MR) is 120 cm³/mol. The van der Waals surface area contributed by atoms with Gasteiger partial charge in [0.25, 0.3) is 0 Å². The van der Waals surface area contributed by atoms with Crippen LogP contribution in [0.3, 0.4) is 0 Å². The molecule has 1 aliphatic rings. The van der Waals surface area contributed by atoms with Crippen LogP contribution in [0.4, 0.5) is 5.82 Å². The Morgan fingerprint density at radius 1 is 1.31 bits per heavy atom. The Morgan fingerprint density at radius 2 is 2.10 bits per heavy atom. The number of hydrogen-bond acceptors (Lipinski definition) is 5. The number of nitrogens with one attached hydrogen (secondary N) is 1. The lowest BCUT2D eigenvalue weighted by Gasteiger charge is -2.24. The Hall–Kier alpha value is -1.82. The minimum Gasteiger partial charge on any atom is -0.492 e. The first-order valence-corrected chi connectivity index (χ1v) is 10.7. The first-order valence-electron chi connectivity index (χ1n) is 10.3. The molecule has 2 heterocycles. The van der Waals surface area contributed by atoms with E-state index >= 15 is 0 Å². The number of hydrogen-bond donors (Lipinski definition) is 2. The number of halogens is 1. The quantitative estimate of drug-likeness (QED) is 0.622. The van der Waals surface area contributed by atoms with Crippen molar-refractivity contribution in [3.05, 3.63) is 41.6 Å². The summed E-state index contributed by atoms with van der Waals surface area (Å²) >= 11 is 6.49. The molecule has 3 rings (SSSR count). The van der Waals surface area contributed by atoms with Crippen molar-refractivity contribution in [2.75, 3.05) is 25.1 Å². The van der Waals surface area contributed by atoms with Gasteiger partial charge in [-0.1, -0.05) is 24.6 Å². The zero-order valence-electron chi connectivity index (χ0n) is 17.6. The summed E-state index contributed by atoms with van der Waals surface area (Å²) in [7, 11) is 0. The first-order chi connectivity index (χ1) is 13.8. The third kappa shape index (κ3) is 6.88. The van der Waals surface area contributed by atoms with Gasteiger partial charge in [-0.2, -0.15) is 0 Å². The van der Waals surface area contributed by atoms with Crippen LogP contribution in [0.1, 0.15) is 40.0 Å². The summed E-state index contributed by atoms with van der Waals surface area (Å²) in [6.07, 6.45) is 4.89. The molecule has 6 heteroatoms. The number of anilines is 1. The second-order valence-corrected chi connectivity index (χ2v) is 9.15. The number of rotatable bonds is 8. The van der Waals surface area contributed by atoms with Gasteiger partial charge in [0.1, 0.15) is 11.6 Å². The predicted octanol–water partition coefficient (Wildman–Crippen LogP) is 5.14. The van der Waals surface area contributed by atoms with E-state index < -0.39 is 0 Å². The average molecular weight is 418 g/mol. The summed E-state index contributed by atoms with van der Waals surface area (Å²) in [6, 6.07) is 10.2. The molecule has 0 bridgehead atoms. The summed E-state index contributed by atoms with van der Waals surface area (Å²) in [6.45, 7) is 8.37. The number of ether oxygens (including phenoxy) is 2. The van der Waals surface area contributed by atoms with E-state index in [1.165, 1.54) is 0 Å². The summed E-state index contributed by atoms with van der Waals surface area (Å²) in [4.78, 5) is 4.44. The highest BCUT2D eigenvalue weighted by molar-refractivity contribution is 6.32. The topological polar surface area (TPSA) is 69.4 Å². The Labute approximate surface area is 179 Å². The van der Waals surface area contributed by atoms with Gasteiger partial charge >= 0.3 is 0 Å². The second kappa shape index (κ2) is 9.79. The fourth-order valence-electron chi connectivity index (χ4n) is 3.74. The van der Waals surface area contributed by atoms with Crippen molar-refractivity contribution in [1.82, 2.24) is 4.98 Å². The van der Waals surface area contributed by atoms with Gasteiger partial charge in [0.15, 0.2) is 0 Å². The molecule has 3 N–H and O–H groups in total. The van der Waals surface area contributed by atoms with Crippen LogP contribution in [0, 0.1) is 5.92 Å². The highest BCUT2D eigenvalue weighted by Crippen LogP contribution is 2.31. The first kappa shape index (κ1) is 21.9. The molecule has 0 radical (unpaired) electrons. The van der Waals surface area contributed by atoms with Crippen LogP contribution >= 0.6 is 11.6 Å². The lowest BCUT2D eigenvalue weighted by Crippen LogP contribution is -2.35.